The van der Waals surface area contributed by atoms with Crippen molar-refractivity contribution >= 4 is 11.5 Å². The molecule has 0 atom stereocenters. The predicted octanol–water partition coefficient (Wildman–Crippen LogP) is 2.41. The zero-order chi connectivity index (χ0) is 10.8. The Kier molecular flexibility index (Phi) is 2.46. The monoisotopic (exact) mass is 204 g/mol. The zero-order valence-corrected chi connectivity index (χ0v) is 8.74. The van der Waals surface area contributed by atoms with Gasteiger partial charge in [-0.2, -0.15) is 0 Å². The molecule has 1 heterocycles. The molecule has 1 aromatic carbocycles. The van der Waals surface area contributed by atoms with Crippen molar-refractivity contribution < 1.29 is 14.3 Å². The largest absolute Gasteiger partial charge is 0.489 e. The molecule has 0 fully saturated rings. The molecule has 1 aliphatic heterocycles. The second kappa shape index (κ2) is 3.77. The first-order valence-corrected chi connectivity index (χ1v) is 4.79. The lowest BCUT2D eigenvalue weighted by Gasteiger charge is -2.16. The minimum atomic E-state index is -0.321. The Morgan fingerprint density at radius 3 is 3.00 bits per heavy atom. The molecule has 1 aromatic rings. The van der Waals surface area contributed by atoms with Crippen LogP contribution in [0.25, 0.3) is 5.57 Å². The maximum Gasteiger partial charge on any atom is 0.308 e. The van der Waals surface area contributed by atoms with E-state index in [0.717, 1.165) is 11.3 Å². The summed E-state index contributed by atoms with van der Waals surface area (Å²) in [7, 11) is 0. The first-order valence-electron chi connectivity index (χ1n) is 4.79. The summed E-state index contributed by atoms with van der Waals surface area (Å²) in [6.45, 7) is 3.99. The number of allylic oxidation sites excluding steroid dienone is 1. The third-order valence-corrected chi connectivity index (χ3v) is 2.27. The van der Waals surface area contributed by atoms with E-state index in [-0.39, 0.29) is 5.97 Å². The SMILES string of the molecule is CC(=O)Oc1ccc2c(c1)OCC=C2C. The van der Waals surface area contributed by atoms with Crippen LogP contribution in [-0.2, 0) is 4.79 Å². The van der Waals surface area contributed by atoms with Crippen LogP contribution >= 0.6 is 0 Å². The Morgan fingerprint density at radius 1 is 1.47 bits per heavy atom. The molecule has 0 amide bonds. The van der Waals surface area contributed by atoms with Crippen LogP contribution in [0.2, 0.25) is 0 Å². The maximum absolute atomic E-state index is 10.8. The van der Waals surface area contributed by atoms with E-state index < -0.39 is 0 Å². The van der Waals surface area contributed by atoms with Crippen LogP contribution in [0.4, 0.5) is 0 Å². The quantitative estimate of drug-likeness (QED) is 0.520. The highest BCUT2D eigenvalue weighted by molar-refractivity contribution is 5.73. The van der Waals surface area contributed by atoms with Gasteiger partial charge in [0.25, 0.3) is 0 Å². The normalized spacial score (nSPS) is 13.6. The number of esters is 1. The fourth-order valence-corrected chi connectivity index (χ4v) is 1.54. The van der Waals surface area contributed by atoms with E-state index in [4.69, 9.17) is 9.47 Å². The summed E-state index contributed by atoms with van der Waals surface area (Å²) in [5.41, 5.74) is 2.24. The van der Waals surface area contributed by atoms with Gasteiger partial charge >= 0.3 is 5.97 Å². The number of hydrogen-bond donors (Lipinski definition) is 0. The Hall–Kier alpha value is -1.77. The van der Waals surface area contributed by atoms with Gasteiger partial charge in [-0.05, 0) is 30.7 Å². The molecule has 0 N–H and O–H groups in total. The molecule has 0 saturated carbocycles. The molecular weight excluding hydrogens is 192 g/mol. The lowest BCUT2D eigenvalue weighted by atomic mass is 10.0. The third kappa shape index (κ3) is 2.01. The predicted molar refractivity (Wildman–Crippen MR) is 56.9 cm³/mol. The summed E-state index contributed by atoms with van der Waals surface area (Å²) >= 11 is 0. The number of carbonyl (C=O) groups excluding carboxylic acids is 1. The fourth-order valence-electron chi connectivity index (χ4n) is 1.54. The molecular formula is C12H12O3. The summed E-state index contributed by atoms with van der Waals surface area (Å²) in [6, 6.07) is 5.41. The van der Waals surface area contributed by atoms with Crippen molar-refractivity contribution in [3.8, 4) is 11.5 Å². The summed E-state index contributed by atoms with van der Waals surface area (Å²) in [5.74, 6) is 0.975. The standard InChI is InChI=1S/C12H12O3/c1-8-5-6-14-12-7-10(15-9(2)13)3-4-11(8)12/h3-5,7H,6H2,1-2H3. The molecule has 15 heavy (non-hydrogen) atoms. The smallest absolute Gasteiger partial charge is 0.308 e. The Morgan fingerprint density at radius 2 is 2.27 bits per heavy atom. The molecule has 0 saturated heterocycles. The number of ether oxygens (including phenoxy) is 2. The molecule has 0 unspecified atom stereocenters. The minimum absolute atomic E-state index is 0.321. The minimum Gasteiger partial charge on any atom is -0.489 e. The molecule has 0 aliphatic carbocycles. The van der Waals surface area contributed by atoms with E-state index in [1.54, 1.807) is 12.1 Å². The van der Waals surface area contributed by atoms with Gasteiger partial charge < -0.3 is 9.47 Å². The molecule has 1 aliphatic rings. The van der Waals surface area contributed by atoms with Gasteiger partial charge in [-0.3, -0.25) is 4.79 Å². The lowest BCUT2D eigenvalue weighted by Crippen LogP contribution is -2.05. The van der Waals surface area contributed by atoms with Crippen LogP contribution in [0.3, 0.4) is 0 Å². The van der Waals surface area contributed by atoms with E-state index in [1.165, 1.54) is 12.5 Å². The van der Waals surface area contributed by atoms with Gasteiger partial charge in [0.15, 0.2) is 0 Å². The van der Waals surface area contributed by atoms with Crippen LogP contribution in [0.1, 0.15) is 19.4 Å². The highest BCUT2D eigenvalue weighted by Gasteiger charge is 2.11. The van der Waals surface area contributed by atoms with Crippen molar-refractivity contribution in [3.05, 3.63) is 29.8 Å². The van der Waals surface area contributed by atoms with Crippen molar-refractivity contribution in [1.29, 1.82) is 0 Å². The fraction of sp³-hybridized carbons (Fsp3) is 0.250. The summed E-state index contributed by atoms with van der Waals surface area (Å²) < 4.78 is 10.4. The average molecular weight is 204 g/mol. The Balaban J connectivity index is 2.34. The molecule has 0 aromatic heterocycles. The van der Waals surface area contributed by atoms with E-state index in [9.17, 15) is 4.79 Å². The number of carbonyl (C=O) groups is 1. The van der Waals surface area contributed by atoms with Gasteiger partial charge in [0.1, 0.15) is 18.1 Å². The van der Waals surface area contributed by atoms with Gasteiger partial charge in [0, 0.05) is 18.6 Å². The maximum atomic E-state index is 10.8. The van der Waals surface area contributed by atoms with E-state index >= 15 is 0 Å². The van der Waals surface area contributed by atoms with Gasteiger partial charge in [-0.25, -0.2) is 0 Å². The molecule has 3 nitrogen and oxygen atoms in total. The van der Waals surface area contributed by atoms with Crippen LogP contribution < -0.4 is 9.47 Å². The van der Waals surface area contributed by atoms with Gasteiger partial charge in [0.05, 0.1) is 0 Å². The first kappa shape index (κ1) is 9.77. The van der Waals surface area contributed by atoms with Crippen LogP contribution in [0.15, 0.2) is 24.3 Å². The van der Waals surface area contributed by atoms with Crippen molar-refractivity contribution in [2.75, 3.05) is 6.61 Å². The second-order valence-corrected chi connectivity index (χ2v) is 3.45. The number of hydrogen-bond acceptors (Lipinski definition) is 3. The number of benzene rings is 1. The van der Waals surface area contributed by atoms with Crippen LogP contribution in [0, 0.1) is 0 Å². The van der Waals surface area contributed by atoms with Gasteiger partial charge in [-0.1, -0.05) is 0 Å². The molecule has 0 spiro atoms. The third-order valence-electron chi connectivity index (χ3n) is 2.27. The van der Waals surface area contributed by atoms with Crippen molar-refractivity contribution in [3.63, 3.8) is 0 Å². The second-order valence-electron chi connectivity index (χ2n) is 3.45. The van der Waals surface area contributed by atoms with E-state index in [1.807, 2.05) is 19.1 Å². The topological polar surface area (TPSA) is 35.5 Å². The Bertz CT molecular complexity index is 432. The summed E-state index contributed by atoms with van der Waals surface area (Å²) in [5, 5.41) is 0. The lowest BCUT2D eigenvalue weighted by molar-refractivity contribution is -0.131. The first-order chi connectivity index (χ1) is 7.16. The molecule has 3 heteroatoms. The van der Waals surface area contributed by atoms with Crippen molar-refractivity contribution in [1.82, 2.24) is 0 Å². The average Bonchev–Trinajstić information content (AvgIpc) is 2.17. The van der Waals surface area contributed by atoms with E-state index in [0.29, 0.717) is 12.4 Å². The molecule has 2 rings (SSSR count). The summed E-state index contributed by atoms with van der Waals surface area (Å²) in [4.78, 5) is 10.8. The number of rotatable bonds is 1. The molecule has 0 radical (unpaired) electrons. The van der Waals surface area contributed by atoms with Crippen molar-refractivity contribution in [2.45, 2.75) is 13.8 Å². The summed E-state index contributed by atoms with van der Waals surface area (Å²) in [6.07, 6.45) is 2.02. The molecule has 0 bridgehead atoms. The van der Waals surface area contributed by atoms with E-state index in [2.05, 4.69) is 0 Å². The van der Waals surface area contributed by atoms with Crippen LogP contribution in [-0.4, -0.2) is 12.6 Å². The zero-order valence-electron chi connectivity index (χ0n) is 8.74. The van der Waals surface area contributed by atoms with Gasteiger partial charge in [-0.15, -0.1) is 0 Å². The highest BCUT2D eigenvalue weighted by atomic mass is 16.5. The highest BCUT2D eigenvalue weighted by Crippen LogP contribution is 2.32. The number of fused-ring (bicyclic) bond motifs is 1. The molecule has 78 valence electrons. The Labute approximate surface area is 88.3 Å². The van der Waals surface area contributed by atoms with Gasteiger partial charge in [0.2, 0.25) is 0 Å². The van der Waals surface area contributed by atoms with Crippen LogP contribution in [0.5, 0.6) is 11.5 Å². The van der Waals surface area contributed by atoms with Crippen molar-refractivity contribution in [2.24, 2.45) is 0 Å².